The predicted molar refractivity (Wildman–Crippen MR) is 110 cm³/mol. The number of thioether (sulfide) groups is 1. The standard InChI is InChI=1S/C21H22N4O2S/c26-19(24-18-7-3-4-10-23-18)14-28-21-17-6-2-1-5-16(17)20(27)25(21)13-15-8-11-22-12-9-15/h3-4,7-12,27H,1-2,5-6,13-14H2,(H,23,24,26). The van der Waals surface area contributed by atoms with Gasteiger partial charge in [0.1, 0.15) is 5.82 Å². The monoisotopic (exact) mass is 394 g/mol. The van der Waals surface area contributed by atoms with Crippen LogP contribution in [0.1, 0.15) is 29.5 Å². The van der Waals surface area contributed by atoms with E-state index in [4.69, 9.17) is 0 Å². The van der Waals surface area contributed by atoms with Gasteiger partial charge in [0.2, 0.25) is 5.91 Å². The zero-order chi connectivity index (χ0) is 19.3. The molecule has 0 aliphatic heterocycles. The molecular formula is C21H22N4O2S. The summed E-state index contributed by atoms with van der Waals surface area (Å²) in [6.45, 7) is 0.561. The van der Waals surface area contributed by atoms with Gasteiger partial charge in [0, 0.05) is 24.2 Å². The fraction of sp³-hybridized carbons (Fsp3) is 0.286. The van der Waals surface area contributed by atoms with Crippen LogP contribution in [-0.2, 0) is 24.2 Å². The minimum absolute atomic E-state index is 0.107. The number of aromatic nitrogens is 3. The van der Waals surface area contributed by atoms with Gasteiger partial charge in [-0.25, -0.2) is 4.98 Å². The molecule has 3 heterocycles. The van der Waals surface area contributed by atoms with Gasteiger partial charge < -0.3 is 15.0 Å². The molecule has 1 aliphatic carbocycles. The molecule has 3 aromatic rings. The van der Waals surface area contributed by atoms with Crippen molar-refractivity contribution in [2.75, 3.05) is 11.1 Å². The highest BCUT2D eigenvalue weighted by atomic mass is 32.2. The summed E-state index contributed by atoms with van der Waals surface area (Å²) >= 11 is 1.48. The first-order chi connectivity index (χ1) is 13.7. The smallest absolute Gasteiger partial charge is 0.235 e. The number of carbonyl (C=O) groups excluding carboxylic acids is 1. The molecule has 1 amide bonds. The topological polar surface area (TPSA) is 80.0 Å². The Morgan fingerprint density at radius 1 is 1.11 bits per heavy atom. The average Bonchev–Trinajstić information content (AvgIpc) is 2.99. The van der Waals surface area contributed by atoms with E-state index >= 15 is 0 Å². The molecule has 0 fully saturated rings. The summed E-state index contributed by atoms with van der Waals surface area (Å²) in [5.41, 5.74) is 3.29. The first-order valence-electron chi connectivity index (χ1n) is 9.38. The van der Waals surface area contributed by atoms with E-state index in [0.717, 1.165) is 41.8 Å². The maximum absolute atomic E-state index is 12.4. The van der Waals surface area contributed by atoms with Gasteiger partial charge >= 0.3 is 0 Å². The van der Waals surface area contributed by atoms with Gasteiger partial charge in [-0.3, -0.25) is 9.78 Å². The normalized spacial score (nSPS) is 13.1. The number of fused-ring (bicyclic) bond motifs is 1. The first-order valence-corrected chi connectivity index (χ1v) is 10.4. The van der Waals surface area contributed by atoms with Gasteiger partial charge in [-0.2, -0.15) is 0 Å². The largest absolute Gasteiger partial charge is 0.494 e. The van der Waals surface area contributed by atoms with Crippen LogP contribution in [0.2, 0.25) is 0 Å². The fourth-order valence-corrected chi connectivity index (χ4v) is 4.59. The third-order valence-electron chi connectivity index (χ3n) is 4.86. The summed E-state index contributed by atoms with van der Waals surface area (Å²) in [4.78, 5) is 20.6. The van der Waals surface area contributed by atoms with E-state index in [-0.39, 0.29) is 11.7 Å². The lowest BCUT2D eigenvalue weighted by Gasteiger charge is -2.13. The quantitative estimate of drug-likeness (QED) is 0.624. The summed E-state index contributed by atoms with van der Waals surface area (Å²) in [6, 6.07) is 9.30. The van der Waals surface area contributed by atoms with Crippen molar-refractivity contribution < 1.29 is 9.90 Å². The molecule has 0 spiro atoms. The van der Waals surface area contributed by atoms with E-state index in [0.29, 0.717) is 18.2 Å². The van der Waals surface area contributed by atoms with Crippen molar-refractivity contribution in [2.24, 2.45) is 0 Å². The van der Waals surface area contributed by atoms with Crippen molar-refractivity contribution in [3.63, 3.8) is 0 Å². The predicted octanol–water partition coefficient (Wildman–Crippen LogP) is 3.64. The zero-order valence-corrected chi connectivity index (χ0v) is 16.3. The molecule has 3 aromatic heterocycles. The van der Waals surface area contributed by atoms with Crippen LogP contribution in [0.25, 0.3) is 0 Å². The molecule has 144 valence electrons. The Labute approximate surface area is 168 Å². The summed E-state index contributed by atoms with van der Waals surface area (Å²) in [5, 5.41) is 14.6. The van der Waals surface area contributed by atoms with Crippen LogP contribution < -0.4 is 5.32 Å². The fourth-order valence-electron chi connectivity index (χ4n) is 3.54. The first kappa shape index (κ1) is 18.6. The van der Waals surface area contributed by atoms with Gasteiger partial charge in [-0.1, -0.05) is 17.8 Å². The van der Waals surface area contributed by atoms with Gasteiger partial charge in [-0.15, -0.1) is 0 Å². The van der Waals surface area contributed by atoms with Gasteiger partial charge in [0.05, 0.1) is 17.3 Å². The Hall–Kier alpha value is -2.80. The lowest BCUT2D eigenvalue weighted by Crippen LogP contribution is -2.15. The molecule has 0 saturated heterocycles. The van der Waals surface area contributed by atoms with E-state index in [1.165, 1.54) is 17.3 Å². The number of aromatic hydroxyl groups is 1. The van der Waals surface area contributed by atoms with E-state index in [2.05, 4.69) is 15.3 Å². The molecule has 0 radical (unpaired) electrons. The molecular weight excluding hydrogens is 372 g/mol. The molecule has 6 nitrogen and oxygen atoms in total. The summed E-state index contributed by atoms with van der Waals surface area (Å²) in [6.07, 6.45) is 9.18. The molecule has 4 rings (SSSR count). The number of rotatable bonds is 6. The summed E-state index contributed by atoms with van der Waals surface area (Å²) in [5.74, 6) is 1.04. The molecule has 7 heteroatoms. The Morgan fingerprint density at radius 2 is 1.89 bits per heavy atom. The highest BCUT2D eigenvalue weighted by molar-refractivity contribution is 8.00. The lowest BCUT2D eigenvalue weighted by molar-refractivity contribution is -0.113. The second-order valence-corrected chi connectivity index (χ2v) is 7.75. The minimum atomic E-state index is -0.107. The van der Waals surface area contributed by atoms with Gasteiger partial charge in [-0.05, 0) is 61.1 Å². The number of carbonyl (C=O) groups is 1. The van der Waals surface area contributed by atoms with Crippen LogP contribution in [0.4, 0.5) is 5.82 Å². The number of nitrogens with zero attached hydrogens (tertiary/aromatic N) is 3. The van der Waals surface area contributed by atoms with E-state index in [1.54, 1.807) is 24.7 Å². The van der Waals surface area contributed by atoms with Gasteiger partial charge in [0.15, 0.2) is 5.88 Å². The summed E-state index contributed by atoms with van der Waals surface area (Å²) < 4.78 is 1.93. The molecule has 28 heavy (non-hydrogen) atoms. The highest BCUT2D eigenvalue weighted by Crippen LogP contribution is 2.40. The van der Waals surface area contributed by atoms with Crippen LogP contribution in [0, 0.1) is 0 Å². The zero-order valence-electron chi connectivity index (χ0n) is 15.5. The lowest BCUT2D eigenvalue weighted by atomic mass is 9.95. The average molecular weight is 395 g/mol. The van der Waals surface area contributed by atoms with Crippen molar-refractivity contribution in [1.29, 1.82) is 0 Å². The molecule has 0 unspecified atom stereocenters. The number of hydrogen-bond acceptors (Lipinski definition) is 5. The van der Waals surface area contributed by atoms with Crippen LogP contribution in [-0.4, -0.2) is 31.3 Å². The maximum Gasteiger partial charge on any atom is 0.235 e. The highest BCUT2D eigenvalue weighted by Gasteiger charge is 2.25. The van der Waals surface area contributed by atoms with Crippen molar-refractivity contribution in [3.8, 4) is 5.88 Å². The van der Waals surface area contributed by atoms with E-state index < -0.39 is 0 Å². The number of nitrogens with one attached hydrogen (secondary N) is 1. The van der Waals surface area contributed by atoms with Crippen LogP contribution >= 0.6 is 11.8 Å². The molecule has 2 N–H and O–H groups in total. The second-order valence-electron chi connectivity index (χ2n) is 6.79. The van der Waals surface area contributed by atoms with E-state index in [1.807, 2.05) is 28.8 Å². The summed E-state index contributed by atoms with van der Waals surface area (Å²) in [7, 11) is 0. The van der Waals surface area contributed by atoms with Crippen molar-refractivity contribution in [1.82, 2.24) is 14.5 Å². The SMILES string of the molecule is O=C(CSc1c2c(c(O)n1Cc1ccncc1)CCCC2)Nc1ccccn1. The Morgan fingerprint density at radius 3 is 2.64 bits per heavy atom. The van der Waals surface area contributed by atoms with Crippen LogP contribution in [0.15, 0.2) is 53.9 Å². The van der Waals surface area contributed by atoms with Crippen LogP contribution in [0.5, 0.6) is 5.88 Å². The molecule has 0 saturated carbocycles. The minimum Gasteiger partial charge on any atom is -0.494 e. The molecule has 1 aliphatic rings. The van der Waals surface area contributed by atoms with Gasteiger partial charge in [0.25, 0.3) is 0 Å². The molecule has 0 bridgehead atoms. The molecule has 0 aromatic carbocycles. The molecule has 0 atom stereocenters. The maximum atomic E-state index is 12.4. The number of pyridine rings is 2. The third-order valence-corrected chi connectivity index (χ3v) is 6.01. The second kappa shape index (κ2) is 8.48. The van der Waals surface area contributed by atoms with Crippen molar-refractivity contribution >= 4 is 23.5 Å². The number of amides is 1. The Bertz CT molecular complexity index is 958. The Kier molecular flexibility index (Phi) is 5.62. The van der Waals surface area contributed by atoms with E-state index in [9.17, 15) is 9.90 Å². The Balaban J connectivity index is 1.55. The number of hydrogen-bond donors (Lipinski definition) is 2. The van der Waals surface area contributed by atoms with Crippen molar-refractivity contribution in [3.05, 3.63) is 65.6 Å². The third kappa shape index (κ3) is 4.04. The van der Waals surface area contributed by atoms with Crippen LogP contribution in [0.3, 0.4) is 0 Å². The van der Waals surface area contributed by atoms with Crippen molar-refractivity contribution in [2.45, 2.75) is 37.3 Å². The number of anilines is 1.